The maximum Gasteiger partial charge on any atom is 0.226 e. The molecule has 0 aliphatic carbocycles. The lowest BCUT2D eigenvalue weighted by molar-refractivity contribution is -0.134. The molecule has 0 aliphatic heterocycles. The van der Waals surface area contributed by atoms with E-state index < -0.39 is 0 Å². The van der Waals surface area contributed by atoms with Gasteiger partial charge in [-0.05, 0) is 6.42 Å². The summed E-state index contributed by atoms with van der Waals surface area (Å²) in [5.41, 5.74) is 0. The van der Waals surface area contributed by atoms with Crippen LogP contribution in [-0.2, 0) is 4.79 Å². The van der Waals surface area contributed by atoms with Crippen molar-refractivity contribution in [3.8, 4) is 0 Å². The number of aliphatic hydroxyl groups excluding tert-OH is 1. The molecule has 0 fully saturated rings. The van der Waals surface area contributed by atoms with E-state index in [9.17, 15) is 4.79 Å². The molecular formula is C10H20ClNO2. The van der Waals surface area contributed by atoms with Crippen molar-refractivity contribution in [3.63, 3.8) is 0 Å². The van der Waals surface area contributed by atoms with Crippen LogP contribution in [0.3, 0.4) is 0 Å². The third kappa shape index (κ3) is 4.82. The molecule has 0 rings (SSSR count). The van der Waals surface area contributed by atoms with Crippen LogP contribution in [0.1, 0.15) is 26.7 Å². The van der Waals surface area contributed by atoms with Crippen molar-refractivity contribution in [2.75, 3.05) is 25.6 Å². The predicted molar refractivity (Wildman–Crippen MR) is 58.5 cm³/mol. The molecule has 1 unspecified atom stereocenters. The van der Waals surface area contributed by atoms with Gasteiger partial charge in [0.05, 0.1) is 6.61 Å². The summed E-state index contributed by atoms with van der Waals surface area (Å²) in [5, 5.41) is 8.81. The van der Waals surface area contributed by atoms with E-state index >= 15 is 0 Å². The van der Waals surface area contributed by atoms with E-state index in [-0.39, 0.29) is 18.4 Å². The molecule has 4 heteroatoms. The van der Waals surface area contributed by atoms with Gasteiger partial charge in [-0.15, -0.1) is 11.6 Å². The first-order valence-electron chi connectivity index (χ1n) is 5.13. The van der Waals surface area contributed by atoms with Crippen LogP contribution in [-0.4, -0.2) is 41.5 Å². The van der Waals surface area contributed by atoms with E-state index in [0.717, 1.165) is 19.4 Å². The van der Waals surface area contributed by atoms with E-state index in [1.54, 1.807) is 4.90 Å². The Morgan fingerprint density at radius 1 is 1.50 bits per heavy atom. The zero-order valence-corrected chi connectivity index (χ0v) is 9.76. The Bertz CT molecular complexity index is 164. The summed E-state index contributed by atoms with van der Waals surface area (Å²) in [7, 11) is 0. The minimum atomic E-state index is -0.153. The Kier molecular flexibility index (Phi) is 7.90. The van der Waals surface area contributed by atoms with Crippen molar-refractivity contribution >= 4 is 17.5 Å². The normalized spacial score (nSPS) is 12.6. The molecular weight excluding hydrogens is 202 g/mol. The van der Waals surface area contributed by atoms with Crippen molar-refractivity contribution in [3.05, 3.63) is 0 Å². The molecule has 0 spiro atoms. The second-order valence-corrected chi connectivity index (χ2v) is 3.77. The monoisotopic (exact) mass is 221 g/mol. The lowest BCUT2D eigenvalue weighted by Crippen LogP contribution is -2.38. The van der Waals surface area contributed by atoms with Crippen molar-refractivity contribution in [2.24, 2.45) is 5.92 Å². The quantitative estimate of drug-likeness (QED) is 0.662. The van der Waals surface area contributed by atoms with Crippen LogP contribution in [0.25, 0.3) is 0 Å². The highest BCUT2D eigenvalue weighted by Gasteiger charge is 2.18. The summed E-state index contributed by atoms with van der Waals surface area (Å²) in [4.78, 5) is 13.4. The van der Waals surface area contributed by atoms with E-state index in [2.05, 4.69) is 6.92 Å². The number of hydrogen-bond acceptors (Lipinski definition) is 2. The molecule has 0 aromatic heterocycles. The second kappa shape index (κ2) is 8.06. The fourth-order valence-corrected chi connectivity index (χ4v) is 1.31. The van der Waals surface area contributed by atoms with Gasteiger partial charge in [0.2, 0.25) is 5.91 Å². The molecule has 0 aliphatic rings. The zero-order chi connectivity index (χ0) is 11.0. The van der Waals surface area contributed by atoms with Crippen molar-refractivity contribution in [1.29, 1.82) is 0 Å². The van der Waals surface area contributed by atoms with Crippen LogP contribution in [0.4, 0.5) is 0 Å². The summed E-state index contributed by atoms with van der Waals surface area (Å²) < 4.78 is 0. The highest BCUT2D eigenvalue weighted by molar-refractivity contribution is 6.19. The summed E-state index contributed by atoms with van der Waals surface area (Å²) in [6.45, 7) is 5.04. The van der Waals surface area contributed by atoms with Crippen LogP contribution in [0, 0.1) is 5.92 Å². The highest BCUT2D eigenvalue weighted by atomic mass is 35.5. The van der Waals surface area contributed by atoms with Gasteiger partial charge in [0.25, 0.3) is 0 Å². The van der Waals surface area contributed by atoms with Crippen LogP contribution in [0.2, 0.25) is 0 Å². The standard InChI is InChI=1S/C10H20ClNO2/c1-3-4-5-12(6-7-13)10(14)9(2)8-11/h9,13H,3-8H2,1-2H3. The van der Waals surface area contributed by atoms with Crippen molar-refractivity contribution < 1.29 is 9.90 Å². The molecule has 0 saturated heterocycles. The van der Waals surface area contributed by atoms with Crippen LogP contribution in [0.15, 0.2) is 0 Å². The maximum atomic E-state index is 11.7. The Balaban J connectivity index is 4.10. The summed E-state index contributed by atoms with van der Waals surface area (Å²) in [5.74, 6) is 0.231. The number of hydrogen-bond donors (Lipinski definition) is 1. The van der Waals surface area contributed by atoms with Gasteiger partial charge in [0, 0.05) is 24.9 Å². The molecule has 3 nitrogen and oxygen atoms in total. The number of rotatable bonds is 7. The van der Waals surface area contributed by atoms with Crippen molar-refractivity contribution in [2.45, 2.75) is 26.7 Å². The highest BCUT2D eigenvalue weighted by Crippen LogP contribution is 2.06. The molecule has 0 heterocycles. The molecule has 1 amide bonds. The number of amides is 1. The van der Waals surface area contributed by atoms with E-state index in [1.165, 1.54) is 0 Å². The molecule has 84 valence electrons. The number of aliphatic hydroxyl groups is 1. The van der Waals surface area contributed by atoms with Gasteiger partial charge in [0.15, 0.2) is 0 Å². The Hall–Kier alpha value is -0.280. The Morgan fingerprint density at radius 3 is 2.57 bits per heavy atom. The number of alkyl halides is 1. The van der Waals surface area contributed by atoms with Crippen molar-refractivity contribution in [1.82, 2.24) is 4.90 Å². The molecule has 1 atom stereocenters. The largest absolute Gasteiger partial charge is 0.395 e. The predicted octanol–water partition coefficient (Wildman–Crippen LogP) is 1.48. The van der Waals surface area contributed by atoms with Crippen LogP contribution < -0.4 is 0 Å². The average Bonchev–Trinajstić information content (AvgIpc) is 2.22. The van der Waals surface area contributed by atoms with E-state index in [4.69, 9.17) is 16.7 Å². The van der Waals surface area contributed by atoms with Crippen LogP contribution in [0.5, 0.6) is 0 Å². The smallest absolute Gasteiger partial charge is 0.226 e. The molecule has 14 heavy (non-hydrogen) atoms. The topological polar surface area (TPSA) is 40.5 Å². The van der Waals surface area contributed by atoms with Gasteiger partial charge in [0.1, 0.15) is 0 Å². The lowest BCUT2D eigenvalue weighted by Gasteiger charge is -2.24. The zero-order valence-electron chi connectivity index (χ0n) is 9.00. The number of halogens is 1. The number of unbranched alkanes of at least 4 members (excludes halogenated alkanes) is 1. The molecule has 0 bridgehead atoms. The minimum absolute atomic E-state index is 0.0183. The first kappa shape index (κ1) is 13.7. The summed E-state index contributed by atoms with van der Waals surface area (Å²) in [6, 6.07) is 0. The summed E-state index contributed by atoms with van der Waals surface area (Å²) in [6.07, 6.45) is 2.02. The third-order valence-electron chi connectivity index (χ3n) is 2.12. The second-order valence-electron chi connectivity index (χ2n) is 3.46. The fraction of sp³-hybridized carbons (Fsp3) is 0.900. The van der Waals surface area contributed by atoms with Gasteiger partial charge in [-0.25, -0.2) is 0 Å². The van der Waals surface area contributed by atoms with E-state index in [1.807, 2.05) is 6.92 Å². The molecule has 1 N–H and O–H groups in total. The lowest BCUT2D eigenvalue weighted by atomic mass is 10.1. The third-order valence-corrected chi connectivity index (χ3v) is 2.58. The molecule has 0 radical (unpaired) electrons. The first-order valence-corrected chi connectivity index (χ1v) is 5.66. The van der Waals surface area contributed by atoms with Gasteiger partial charge >= 0.3 is 0 Å². The van der Waals surface area contributed by atoms with Gasteiger partial charge in [-0.1, -0.05) is 20.3 Å². The van der Waals surface area contributed by atoms with Gasteiger partial charge in [-0.3, -0.25) is 4.79 Å². The maximum absolute atomic E-state index is 11.7. The molecule has 0 aromatic rings. The average molecular weight is 222 g/mol. The van der Waals surface area contributed by atoms with E-state index in [0.29, 0.717) is 12.4 Å². The number of nitrogens with zero attached hydrogens (tertiary/aromatic N) is 1. The Morgan fingerprint density at radius 2 is 2.14 bits per heavy atom. The molecule has 0 aromatic carbocycles. The minimum Gasteiger partial charge on any atom is -0.395 e. The SMILES string of the molecule is CCCCN(CCO)C(=O)C(C)CCl. The van der Waals surface area contributed by atoms with Gasteiger partial charge < -0.3 is 10.0 Å². The number of carbonyl (C=O) groups is 1. The molecule has 0 saturated carbocycles. The number of carbonyl (C=O) groups excluding carboxylic acids is 1. The first-order chi connectivity index (χ1) is 6.67. The van der Waals surface area contributed by atoms with Gasteiger partial charge in [-0.2, -0.15) is 0 Å². The van der Waals surface area contributed by atoms with Crippen LogP contribution >= 0.6 is 11.6 Å². The Labute approximate surface area is 91.0 Å². The summed E-state index contributed by atoms with van der Waals surface area (Å²) >= 11 is 5.62. The fourth-order valence-electron chi connectivity index (χ4n) is 1.18.